The molecule has 1 N–H and O–H groups in total. The van der Waals surface area contributed by atoms with Crippen molar-refractivity contribution in [1.82, 2.24) is 5.32 Å². The summed E-state index contributed by atoms with van der Waals surface area (Å²) in [5, 5.41) is 7.86. The van der Waals surface area contributed by atoms with Crippen LogP contribution in [0.3, 0.4) is 0 Å². The highest BCUT2D eigenvalue weighted by Crippen LogP contribution is 2.36. The fourth-order valence-corrected chi connectivity index (χ4v) is 4.03. The van der Waals surface area contributed by atoms with Crippen molar-refractivity contribution in [3.05, 3.63) is 45.1 Å². The lowest BCUT2D eigenvalue weighted by Crippen LogP contribution is -2.42. The van der Waals surface area contributed by atoms with Crippen molar-refractivity contribution in [3.8, 4) is 11.5 Å². The van der Waals surface area contributed by atoms with E-state index in [0.29, 0.717) is 6.61 Å². The highest BCUT2D eigenvalue weighted by Gasteiger charge is 2.31. The molecule has 0 fully saturated rings. The van der Waals surface area contributed by atoms with Gasteiger partial charge in [-0.2, -0.15) is 11.3 Å². The lowest BCUT2D eigenvalue weighted by atomic mass is 10.0. The summed E-state index contributed by atoms with van der Waals surface area (Å²) >= 11 is 5.33. The van der Waals surface area contributed by atoms with Gasteiger partial charge in [0.05, 0.1) is 6.04 Å². The molecule has 0 saturated carbocycles. The Morgan fingerprint density at radius 3 is 2.86 bits per heavy atom. The molecule has 3 nitrogen and oxygen atoms in total. The summed E-state index contributed by atoms with van der Waals surface area (Å²) in [6, 6.07) is 7.96. The number of thiophene rings is 1. The second-order valence-electron chi connectivity index (χ2n) is 5.02. The van der Waals surface area contributed by atoms with E-state index in [0.717, 1.165) is 28.9 Å². The zero-order valence-corrected chi connectivity index (χ0v) is 14.2. The lowest BCUT2D eigenvalue weighted by molar-refractivity contribution is 0.0616. The highest BCUT2D eigenvalue weighted by molar-refractivity contribution is 9.10. The van der Waals surface area contributed by atoms with Gasteiger partial charge in [-0.25, -0.2) is 0 Å². The van der Waals surface area contributed by atoms with Gasteiger partial charge in [0.2, 0.25) is 0 Å². The molecule has 5 heteroatoms. The number of hydrogen-bond acceptors (Lipinski definition) is 4. The molecule has 1 aromatic heterocycles. The van der Waals surface area contributed by atoms with Crippen LogP contribution in [0.2, 0.25) is 0 Å². The molecule has 3 rings (SSSR count). The number of fused-ring (bicyclic) bond motifs is 1. The summed E-state index contributed by atoms with van der Waals surface area (Å²) in [4.78, 5) is 0. The van der Waals surface area contributed by atoms with Crippen LogP contribution >= 0.6 is 27.3 Å². The van der Waals surface area contributed by atoms with Crippen molar-refractivity contribution in [2.24, 2.45) is 0 Å². The summed E-state index contributed by atoms with van der Waals surface area (Å²) in [5.74, 6) is 1.65. The Kier molecular flexibility index (Phi) is 4.83. The van der Waals surface area contributed by atoms with Gasteiger partial charge in [0, 0.05) is 9.85 Å². The normalized spacial score (nSPS) is 18.5. The van der Waals surface area contributed by atoms with Gasteiger partial charge in [-0.15, -0.1) is 0 Å². The van der Waals surface area contributed by atoms with E-state index in [9.17, 15) is 0 Å². The first-order valence-corrected chi connectivity index (χ1v) is 8.86. The minimum Gasteiger partial charge on any atom is -0.486 e. The number of benzene rings is 1. The molecule has 0 radical (unpaired) electrons. The van der Waals surface area contributed by atoms with Crippen molar-refractivity contribution in [3.63, 3.8) is 0 Å². The van der Waals surface area contributed by atoms with Crippen molar-refractivity contribution in [2.45, 2.75) is 25.5 Å². The van der Waals surface area contributed by atoms with Gasteiger partial charge in [0.1, 0.15) is 6.61 Å². The number of nitrogens with one attached hydrogen (secondary N) is 1. The summed E-state index contributed by atoms with van der Waals surface area (Å²) in [7, 11) is 0. The molecular weight excluding hydrogens is 350 g/mol. The largest absolute Gasteiger partial charge is 0.486 e. The van der Waals surface area contributed by atoms with E-state index in [1.807, 2.05) is 24.3 Å². The van der Waals surface area contributed by atoms with Crippen molar-refractivity contribution >= 4 is 27.3 Å². The molecule has 1 aromatic carbocycles. The van der Waals surface area contributed by atoms with E-state index in [4.69, 9.17) is 9.47 Å². The lowest BCUT2D eigenvalue weighted by Gasteiger charge is -2.32. The Bertz CT molecular complexity index is 601. The van der Waals surface area contributed by atoms with Crippen LogP contribution in [0.5, 0.6) is 11.5 Å². The van der Waals surface area contributed by atoms with Crippen LogP contribution in [0.25, 0.3) is 0 Å². The molecule has 0 amide bonds. The zero-order chi connectivity index (χ0) is 14.7. The predicted molar refractivity (Wildman–Crippen MR) is 89.4 cm³/mol. The van der Waals surface area contributed by atoms with Crippen LogP contribution < -0.4 is 14.8 Å². The smallest absolute Gasteiger partial charge is 0.161 e. The Hall–Kier alpha value is -1.04. The summed E-state index contributed by atoms with van der Waals surface area (Å²) < 4.78 is 13.2. The monoisotopic (exact) mass is 367 g/mol. The Labute approximate surface area is 137 Å². The fourth-order valence-electron chi connectivity index (χ4n) is 2.45. The number of ether oxygens (including phenoxy) is 2. The van der Waals surface area contributed by atoms with Gasteiger partial charge in [-0.3, -0.25) is 0 Å². The van der Waals surface area contributed by atoms with Gasteiger partial charge >= 0.3 is 0 Å². The molecule has 112 valence electrons. The standard InChI is InChI=1S/C16H18BrNO2S/c1-2-7-18-16(11-9-21-10-12(11)17)15-8-19-13-5-3-4-6-14(13)20-15/h3-6,9-10,15-16,18H,2,7-8H2,1H3. The number of rotatable bonds is 5. The maximum Gasteiger partial charge on any atom is 0.161 e. The summed E-state index contributed by atoms with van der Waals surface area (Å²) in [6.45, 7) is 3.68. The average Bonchev–Trinajstić information content (AvgIpc) is 2.94. The molecule has 2 heterocycles. The second kappa shape index (κ2) is 6.81. The Morgan fingerprint density at radius 1 is 1.33 bits per heavy atom. The highest BCUT2D eigenvalue weighted by atomic mass is 79.9. The van der Waals surface area contributed by atoms with Crippen LogP contribution in [0.15, 0.2) is 39.5 Å². The molecule has 1 aliphatic rings. The zero-order valence-electron chi connectivity index (χ0n) is 11.8. The van der Waals surface area contributed by atoms with Gasteiger partial charge < -0.3 is 14.8 Å². The molecule has 1 aliphatic heterocycles. The Balaban J connectivity index is 1.83. The van der Waals surface area contributed by atoms with E-state index in [1.165, 1.54) is 5.56 Å². The minimum atomic E-state index is -0.0302. The molecule has 21 heavy (non-hydrogen) atoms. The third kappa shape index (κ3) is 3.25. The molecule has 2 unspecified atom stereocenters. The molecule has 0 spiro atoms. The minimum absolute atomic E-state index is 0.0302. The van der Waals surface area contributed by atoms with Crippen LogP contribution in [0.1, 0.15) is 24.9 Å². The van der Waals surface area contributed by atoms with Gasteiger partial charge in [0.25, 0.3) is 0 Å². The topological polar surface area (TPSA) is 30.5 Å². The number of halogens is 1. The molecular formula is C16H18BrNO2S. The van der Waals surface area contributed by atoms with Crippen molar-refractivity contribution < 1.29 is 9.47 Å². The van der Waals surface area contributed by atoms with E-state index in [-0.39, 0.29) is 12.1 Å². The quantitative estimate of drug-likeness (QED) is 0.849. The first-order chi connectivity index (χ1) is 10.3. The van der Waals surface area contributed by atoms with Crippen LogP contribution in [0, 0.1) is 0 Å². The summed E-state index contributed by atoms with van der Waals surface area (Å²) in [5.41, 5.74) is 1.24. The van der Waals surface area contributed by atoms with E-state index >= 15 is 0 Å². The van der Waals surface area contributed by atoms with Crippen LogP contribution in [-0.2, 0) is 0 Å². The van der Waals surface area contributed by atoms with E-state index < -0.39 is 0 Å². The molecule has 0 bridgehead atoms. The summed E-state index contributed by atoms with van der Waals surface area (Å²) in [6.07, 6.45) is 1.06. The third-order valence-corrected chi connectivity index (χ3v) is 5.25. The van der Waals surface area contributed by atoms with Gasteiger partial charge in [-0.05, 0) is 52.0 Å². The van der Waals surface area contributed by atoms with Gasteiger partial charge in [0.15, 0.2) is 17.6 Å². The molecule has 0 saturated heterocycles. The van der Waals surface area contributed by atoms with Crippen LogP contribution in [0.4, 0.5) is 0 Å². The second-order valence-corrected chi connectivity index (χ2v) is 6.62. The maximum atomic E-state index is 6.17. The van der Waals surface area contributed by atoms with E-state index in [1.54, 1.807) is 11.3 Å². The van der Waals surface area contributed by atoms with Gasteiger partial charge in [-0.1, -0.05) is 19.1 Å². The average molecular weight is 368 g/mol. The predicted octanol–water partition coefficient (Wildman–Crippen LogP) is 4.39. The molecule has 0 aliphatic carbocycles. The molecule has 2 atom stereocenters. The van der Waals surface area contributed by atoms with E-state index in [2.05, 4.69) is 38.9 Å². The van der Waals surface area contributed by atoms with Crippen LogP contribution in [-0.4, -0.2) is 19.3 Å². The maximum absolute atomic E-state index is 6.17. The Morgan fingerprint density at radius 2 is 2.14 bits per heavy atom. The van der Waals surface area contributed by atoms with Crippen molar-refractivity contribution in [2.75, 3.05) is 13.2 Å². The third-order valence-electron chi connectivity index (χ3n) is 3.49. The van der Waals surface area contributed by atoms with Crippen molar-refractivity contribution in [1.29, 1.82) is 0 Å². The number of hydrogen-bond donors (Lipinski definition) is 1. The fraction of sp³-hybridized carbons (Fsp3) is 0.375. The first-order valence-electron chi connectivity index (χ1n) is 7.13. The molecule has 2 aromatic rings. The SMILES string of the molecule is CCCNC(c1cscc1Br)C1COc2ccccc2O1. The number of para-hydroxylation sites is 2. The first kappa shape index (κ1) is 14.9.